The molecule has 0 aliphatic carbocycles. The molecule has 31 heavy (non-hydrogen) atoms. The van der Waals surface area contributed by atoms with Gasteiger partial charge in [0, 0.05) is 25.1 Å². The van der Waals surface area contributed by atoms with Crippen molar-refractivity contribution in [1.29, 1.82) is 5.26 Å². The fourth-order valence-electron chi connectivity index (χ4n) is 3.01. The van der Waals surface area contributed by atoms with Gasteiger partial charge >= 0.3 is 0 Å². The first kappa shape index (κ1) is 22.0. The van der Waals surface area contributed by atoms with Gasteiger partial charge in [-0.3, -0.25) is 24.6 Å². The van der Waals surface area contributed by atoms with Gasteiger partial charge < -0.3 is 5.32 Å². The van der Waals surface area contributed by atoms with Crippen LogP contribution in [0.3, 0.4) is 0 Å². The number of amides is 2. The van der Waals surface area contributed by atoms with E-state index in [1.54, 1.807) is 44.2 Å². The maximum Gasteiger partial charge on any atom is 0.271 e. The minimum atomic E-state index is -0.674. The monoisotopic (exact) mass is 437 g/mol. The molecule has 1 atom stereocenters. The Kier molecular flexibility index (Phi) is 6.67. The Labute approximate surface area is 182 Å². The van der Waals surface area contributed by atoms with Gasteiger partial charge in [0.05, 0.1) is 21.9 Å². The Balaban J connectivity index is 1.79. The lowest BCUT2D eigenvalue weighted by molar-refractivity contribution is -0.384. The zero-order valence-corrected chi connectivity index (χ0v) is 17.7. The molecule has 2 amide bonds. The van der Waals surface area contributed by atoms with Gasteiger partial charge in [0.1, 0.15) is 11.3 Å². The van der Waals surface area contributed by atoms with Gasteiger partial charge in [-0.05, 0) is 31.5 Å². The van der Waals surface area contributed by atoms with Crippen LogP contribution in [0.15, 0.2) is 47.5 Å². The summed E-state index contributed by atoms with van der Waals surface area (Å²) in [6, 6.07) is 13.0. The Bertz CT molecular complexity index is 1120. The highest BCUT2D eigenvalue weighted by molar-refractivity contribution is 8.15. The number of benzene rings is 2. The predicted octanol–water partition coefficient (Wildman–Crippen LogP) is 3.76. The number of nitro benzene ring substituents is 1. The van der Waals surface area contributed by atoms with E-state index in [2.05, 4.69) is 10.3 Å². The van der Waals surface area contributed by atoms with E-state index in [1.165, 1.54) is 17.0 Å². The first-order chi connectivity index (χ1) is 14.8. The Morgan fingerprint density at radius 3 is 2.77 bits per heavy atom. The van der Waals surface area contributed by atoms with Crippen LogP contribution in [0.25, 0.3) is 0 Å². The number of nitro groups is 1. The fourth-order valence-corrected chi connectivity index (χ4v) is 4.22. The maximum absolute atomic E-state index is 12.8. The van der Waals surface area contributed by atoms with Gasteiger partial charge in [0.15, 0.2) is 5.17 Å². The average molecular weight is 437 g/mol. The van der Waals surface area contributed by atoms with E-state index in [4.69, 9.17) is 5.26 Å². The fraction of sp³-hybridized carbons (Fsp3) is 0.238. The van der Waals surface area contributed by atoms with Crippen molar-refractivity contribution in [2.45, 2.75) is 25.5 Å². The van der Waals surface area contributed by atoms with Crippen LogP contribution in [0, 0.1) is 28.4 Å². The summed E-state index contributed by atoms with van der Waals surface area (Å²) >= 11 is 1.15. The van der Waals surface area contributed by atoms with Crippen LogP contribution in [0.2, 0.25) is 0 Å². The number of anilines is 1. The van der Waals surface area contributed by atoms with Gasteiger partial charge in [-0.1, -0.05) is 30.0 Å². The number of nitrogens with zero attached hydrogens (tertiary/aromatic N) is 4. The van der Waals surface area contributed by atoms with Crippen LogP contribution in [0.5, 0.6) is 0 Å². The number of para-hydroxylation sites is 1. The molecule has 9 nitrogen and oxygen atoms in total. The highest BCUT2D eigenvalue weighted by atomic mass is 32.2. The van der Waals surface area contributed by atoms with Crippen molar-refractivity contribution in [3.63, 3.8) is 0 Å². The van der Waals surface area contributed by atoms with Crippen molar-refractivity contribution in [3.05, 3.63) is 63.7 Å². The number of carbonyl (C=O) groups is 2. The van der Waals surface area contributed by atoms with Crippen molar-refractivity contribution in [1.82, 2.24) is 4.90 Å². The molecule has 0 aromatic heterocycles. The molecule has 1 fully saturated rings. The molecule has 0 saturated carbocycles. The lowest BCUT2D eigenvalue weighted by Crippen LogP contribution is -2.33. The van der Waals surface area contributed by atoms with Crippen LogP contribution in [-0.2, 0) is 9.59 Å². The average Bonchev–Trinajstić information content (AvgIpc) is 3.03. The number of non-ortho nitro benzene ring substituents is 1. The van der Waals surface area contributed by atoms with Crippen LogP contribution in [0.4, 0.5) is 17.1 Å². The number of nitriles is 1. The quantitative estimate of drug-likeness (QED) is 0.541. The summed E-state index contributed by atoms with van der Waals surface area (Å²) < 4.78 is 0. The number of nitrogens with one attached hydrogen (secondary N) is 1. The van der Waals surface area contributed by atoms with Crippen LogP contribution >= 0.6 is 11.8 Å². The van der Waals surface area contributed by atoms with E-state index in [1.807, 2.05) is 6.07 Å². The van der Waals surface area contributed by atoms with E-state index in [-0.39, 0.29) is 18.0 Å². The number of carbonyl (C=O) groups excluding carboxylic acids is 2. The molecule has 0 bridgehead atoms. The summed E-state index contributed by atoms with van der Waals surface area (Å²) in [5, 5.41) is 22.6. The van der Waals surface area contributed by atoms with Crippen molar-refractivity contribution < 1.29 is 14.5 Å². The molecular weight excluding hydrogens is 418 g/mol. The second-order valence-corrected chi connectivity index (χ2v) is 7.89. The van der Waals surface area contributed by atoms with Crippen molar-refractivity contribution in [2.75, 3.05) is 11.9 Å². The SMILES string of the molecule is CCN1C(=O)C(CC(=O)Nc2ccccc2C#N)SC1=Nc1cc([N+](=O)[O-])ccc1C. The number of amidine groups is 1. The lowest BCUT2D eigenvalue weighted by Gasteiger charge is -2.13. The number of aryl methyl sites for hydroxylation is 1. The number of rotatable bonds is 6. The Hall–Kier alpha value is -3.71. The molecule has 2 aromatic rings. The molecule has 0 spiro atoms. The van der Waals surface area contributed by atoms with E-state index in [9.17, 15) is 19.7 Å². The largest absolute Gasteiger partial charge is 0.325 e. The third-order valence-electron chi connectivity index (χ3n) is 4.65. The summed E-state index contributed by atoms with van der Waals surface area (Å²) in [4.78, 5) is 41.8. The minimum Gasteiger partial charge on any atom is -0.325 e. The molecule has 2 aromatic carbocycles. The first-order valence-corrected chi connectivity index (χ1v) is 10.3. The number of aliphatic imine (C=N–C) groups is 1. The van der Waals surface area contributed by atoms with Gasteiger partial charge in [0.25, 0.3) is 5.69 Å². The van der Waals surface area contributed by atoms with Crippen molar-refractivity contribution >= 4 is 45.8 Å². The molecule has 1 N–H and O–H groups in total. The predicted molar refractivity (Wildman–Crippen MR) is 118 cm³/mol. The zero-order valence-electron chi connectivity index (χ0n) is 16.9. The third-order valence-corrected chi connectivity index (χ3v) is 5.82. The molecule has 1 heterocycles. The first-order valence-electron chi connectivity index (χ1n) is 9.44. The molecule has 1 aliphatic rings. The molecule has 1 aliphatic heterocycles. The van der Waals surface area contributed by atoms with Gasteiger partial charge in [-0.2, -0.15) is 5.26 Å². The standard InChI is InChI=1S/C21H19N5O4S/c1-3-25-20(28)18(11-19(27)23-16-7-5-4-6-14(16)12-22)31-21(25)24-17-10-15(26(29)30)9-8-13(17)2/h4-10,18H,3,11H2,1-2H3,(H,23,27). The second-order valence-electron chi connectivity index (χ2n) is 6.72. The van der Waals surface area contributed by atoms with E-state index in [0.29, 0.717) is 28.7 Å². The Morgan fingerprint density at radius 2 is 2.10 bits per heavy atom. The topological polar surface area (TPSA) is 129 Å². The molecule has 3 rings (SSSR count). The Morgan fingerprint density at radius 1 is 1.35 bits per heavy atom. The number of hydrogen-bond donors (Lipinski definition) is 1. The maximum atomic E-state index is 12.8. The summed E-state index contributed by atoms with van der Waals surface area (Å²) in [6.07, 6.45) is -0.0906. The van der Waals surface area contributed by atoms with Crippen LogP contribution < -0.4 is 5.32 Å². The molecular formula is C21H19N5O4S. The normalized spacial score (nSPS) is 16.9. The lowest BCUT2D eigenvalue weighted by atomic mass is 10.2. The van der Waals surface area contributed by atoms with E-state index < -0.39 is 16.1 Å². The molecule has 10 heteroatoms. The number of thioether (sulfide) groups is 1. The molecule has 1 unspecified atom stereocenters. The highest BCUT2D eigenvalue weighted by Gasteiger charge is 2.38. The van der Waals surface area contributed by atoms with Gasteiger partial charge in [-0.15, -0.1) is 0 Å². The van der Waals surface area contributed by atoms with Crippen LogP contribution in [0.1, 0.15) is 24.5 Å². The zero-order chi connectivity index (χ0) is 22.5. The summed E-state index contributed by atoms with van der Waals surface area (Å²) in [5.74, 6) is -0.643. The molecule has 158 valence electrons. The minimum absolute atomic E-state index is 0.0885. The van der Waals surface area contributed by atoms with Gasteiger partial charge in [-0.25, -0.2) is 4.99 Å². The third kappa shape index (κ3) is 4.90. The molecule has 0 radical (unpaired) electrons. The van der Waals surface area contributed by atoms with Crippen molar-refractivity contribution in [2.24, 2.45) is 4.99 Å². The number of hydrogen-bond acceptors (Lipinski definition) is 7. The van der Waals surface area contributed by atoms with E-state index in [0.717, 1.165) is 17.3 Å². The van der Waals surface area contributed by atoms with Gasteiger partial charge in [0.2, 0.25) is 11.8 Å². The second kappa shape index (κ2) is 9.40. The smallest absolute Gasteiger partial charge is 0.271 e. The summed E-state index contributed by atoms with van der Waals surface area (Å²) in [7, 11) is 0. The van der Waals surface area contributed by atoms with E-state index >= 15 is 0 Å². The highest BCUT2D eigenvalue weighted by Crippen LogP contribution is 2.33. The van der Waals surface area contributed by atoms with Crippen LogP contribution in [-0.4, -0.2) is 38.6 Å². The molecule has 1 saturated heterocycles. The summed E-state index contributed by atoms with van der Waals surface area (Å²) in [5.41, 5.74) is 1.76. The van der Waals surface area contributed by atoms with Crippen molar-refractivity contribution in [3.8, 4) is 6.07 Å². The summed E-state index contributed by atoms with van der Waals surface area (Å²) in [6.45, 7) is 3.92.